The fourth-order valence-electron chi connectivity index (χ4n) is 7.29. The summed E-state index contributed by atoms with van der Waals surface area (Å²) in [6.45, 7) is 9.27. The van der Waals surface area contributed by atoms with Crippen molar-refractivity contribution in [3.8, 4) is 11.1 Å². The van der Waals surface area contributed by atoms with E-state index in [1.54, 1.807) is 36.4 Å². The highest BCUT2D eigenvalue weighted by molar-refractivity contribution is 7.99. The van der Waals surface area contributed by atoms with E-state index >= 15 is 0 Å². The lowest BCUT2D eigenvalue weighted by Crippen LogP contribution is -2.31. The summed E-state index contributed by atoms with van der Waals surface area (Å²) in [5, 5.41) is 0. The van der Waals surface area contributed by atoms with Gasteiger partial charge in [0.2, 0.25) is 9.84 Å². The highest BCUT2D eigenvalue weighted by Crippen LogP contribution is 2.55. The largest absolute Gasteiger partial charge is 0.310 e. The second-order valence-electron chi connectivity index (χ2n) is 13.5. The SMILES string of the molecule is CC1(C)c2cc(-c3ccc(S(=O)(=O)c4ccccc4)cc3)ccc2Sc2ccc(N3c4ccccc4C(C)(C)c4ccccc43)cc21. The maximum Gasteiger partial charge on any atom is 0.206 e. The van der Waals surface area contributed by atoms with Crippen LogP contribution in [-0.4, -0.2) is 8.42 Å². The molecule has 5 heteroatoms. The van der Waals surface area contributed by atoms with Crippen LogP contribution in [-0.2, 0) is 20.7 Å². The van der Waals surface area contributed by atoms with Crippen LogP contribution < -0.4 is 4.90 Å². The summed E-state index contributed by atoms with van der Waals surface area (Å²) < 4.78 is 26.4. The number of rotatable bonds is 4. The maximum absolute atomic E-state index is 13.2. The zero-order chi connectivity index (χ0) is 32.6. The normalized spacial score (nSPS) is 15.6. The first-order chi connectivity index (χ1) is 22.6. The molecule has 3 nitrogen and oxygen atoms in total. The summed E-state index contributed by atoms with van der Waals surface area (Å²) >= 11 is 1.82. The zero-order valence-electron chi connectivity index (χ0n) is 26.9. The Morgan fingerprint density at radius 1 is 0.489 bits per heavy atom. The van der Waals surface area contributed by atoms with E-state index in [-0.39, 0.29) is 10.8 Å². The second kappa shape index (κ2) is 10.7. The minimum absolute atomic E-state index is 0.105. The maximum atomic E-state index is 13.2. The number of hydrogen-bond donors (Lipinski definition) is 0. The topological polar surface area (TPSA) is 37.4 Å². The molecule has 0 radical (unpaired) electrons. The molecule has 0 unspecified atom stereocenters. The number of fused-ring (bicyclic) bond motifs is 4. The van der Waals surface area contributed by atoms with Gasteiger partial charge in [-0.15, -0.1) is 0 Å². The molecule has 0 atom stereocenters. The van der Waals surface area contributed by atoms with Gasteiger partial charge in [-0.1, -0.05) is 112 Å². The van der Waals surface area contributed by atoms with E-state index in [9.17, 15) is 8.42 Å². The van der Waals surface area contributed by atoms with Crippen LogP contribution in [0.2, 0.25) is 0 Å². The summed E-state index contributed by atoms with van der Waals surface area (Å²) in [4.78, 5) is 5.55. The van der Waals surface area contributed by atoms with Gasteiger partial charge >= 0.3 is 0 Å². The molecule has 0 saturated heterocycles. The van der Waals surface area contributed by atoms with Crippen LogP contribution in [0, 0.1) is 0 Å². The molecule has 0 amide bonds. The Morgan fingerprint density at radius 2 is 0.979 bits per heavy atom. The molecule has 0 fully saturated rings. The van der Waals surface area contributed by atoms with Crippen molar-refractivity contribution in [1.82, 2.24) is 0 Å². The fraction of sp³-hybridized carbons (Fsp3) is 0.143. The van der Waals surface area contributed by atoms with Gasteiger partial charge in [0.15, 0.2) is 0 Å². The van der Waals surface area contributed by atoms with E-state index in [2.05, 4.69) is 118 Å². The molecule has 2 aliphatic heterocycles. The Hall–Kier alpha value is -4.58. The minimum Gasteiger partial charge on any atom is -0.310 e. The van der Waals surface area contributed by atoms with Gasteiger partial charge in [-0.25, -0.2) is 8.42 Å². The quantitative estimate of drug-likeness (QED) is 0.190. The molecular weight excluding hydrogens is 615 g/mol. The van der Waals surface area contributed by atoms with Crippen molar-refractivity contribution in [1.29, 1.82) is 0 Å². The van der Waals surface area contributed by atoms with E-state index in [1.165, 1.54) is 43.4 Å². The van der Waals surface area contributed by atoms with Gasteiger partial charge in [-0.05, 0) is 100 Å². The summed E-state index contributed by atoms with van der Waals surface area (Å²) in [5.41, 5.74) is 10.5. The van der Waals surface area contributed by atoms with Crippen LogP contribution in [0.4, 0.5) is 17.1 Å². The van der Waals surface area contributed by atoms with Gasteiger partial charge in [-0.3, -0.25) is 0 Å². The molecule has 0 aliphatic carbocycles. The molecule has 0 spiro atoms. The van der Waals surface area contributed by atoms with Crippen molar-refractivity contribution in [2.75, 3.05) is 4.90 Å². The third-order valence-electron chi connectivity index (χ3n) is 9.96. The van der Waals surface area contributed by atoms with Crippen LogP contribution in [0.1, 0.15) is 49.9 Å². The summed E-state index contributed by atoms with van der Waals surface area (Å²) in [6, 6.07) is 47.0. The molecule has 0 N–H and O–H groups in total. The molecule has 0 saturated carbocycles. The first-order valence-corrected chi connectivity index (χ1v) is 18.2. The third-order valence-corrected chi connectivity index (χ3v) is 12.9. The average Bonchev–Trinajstić information content (AvgIpc) is 3.09. The van der Waals surface area contributed by atoms with Crippen LogP contribution >= 0.6 is 11.8 Å². The molecule has 6 aromatic carbocycles. The van der Waals surface area contributed by atoms with Crippen molar-refractivity contribution in [2.45, 2.75) is 58.1 Å². The zero-order valence-corrected chi connectivity index (χ0v) is 28.5. The highest BCUT2D eigenvalue weighted by Gasteiger charge is 2.38. The predicted molar refractivity (Wildman–Crippen MR) is 193 cm³/mol. The van der Waals surface area contributed by atoms with Gasteiger partial charge in [-0.2, -0.15) is 0 Å². The Balaban J connectivity index is 1.18. The molecule has 232 valence electrons. The number of hydrogen-bond acceptors (Lipinski definition) is 4. The van der Waals surface area contributed by atoms with Gasteiger partial charge in [0.1, 0.15) is 0 Å². The van der Waals surface area contributed by atoms with Gasteiger partial charge in [0.25, 0.3) is 0 Å². The average molecular weight is 650 g/mol. The van der Waals surface area contributed by atoms with E-state index in [0.717, 1.165) is 16.8 Å². The van der Waals surface area contributed by atoms with Crippen LogP contribution in [0.3, 0.4) is 0 Å². The van der Waals surface area contributed by atoms with Crippen molar-refractivity contribution in [3.05, 3.63) is 162 Å². The Labute approximate surface area is 281 Å². The van der Waals surface area contributed by atoms with E-state index in [1.807, 2.05) is 30.0 Å². The molecular formula is C42H35NO2S2. The Bertz CT molecular complexity index is 2240. The Morgan fingerprint density at radius 3 is 1.62 bits per heavy atom. The lowest BCUT2D eigenvalue weighted by molar-refractivity contribution is 0.596. The molecule has 2 heterocycles. The van der Waals surface area contributed by atoms with E-state index in [4.69, 9.17) is 0 Å². The predicted octanol–water partition coefficient (Wildman–Crippen LogP) is 11.1. The van der Waals surface area contributed by atoms with Crippen molar-refractivity contribution in [3.63, 3.8) is 0 Å². The van der Waals surface area contributed by atoms with Gasteiger partial charge in [0.05, 0.1) is 21.2 Å². The first kappa shape index (κ1) is 29.8. The minimum atomic E-state index is -3.57. The Kier molecular flexibility index (Phi) is 6.80. The van der Waals surface area contributed by atoms with Gasteiger partial charge < -0.3 is 4.90 Å². The third kappa shape index (κ3) is 4.67. The number of anilines is 3. The number of sulfone groups is 1. The fourth-order valence-corrected chi connectivity index (χ4v) is 9.93. The lowest BCUT2D eigenvalue weighted by atomic mass is 9.73. The van der Waals surface area contributed by atoms with Crippen molar-refractivity contribution >= 4 is 38.7 Å². The van der Waals surface area contributed by atoms with Crippen LogP contribution in [0.5, 0.6) is 0 Å². The van der Waals surface area contributed by atoms with E-state index < -0.39 is 9.84 Å². The van der Waals surface area contributed by atoms with Crippen molar-refractivity contribution in [2.24, 2.45) is 0 Å². The number of benzene rings is 6. The molecule has 6 aromatic rings. The van der Waals surface area contributed by atoms with E-state index in [0.29, 0.717) is 9.79 Å². The second-order valence-corrected chi connectivity index (χ2v) is 16.5. The summed E-state index contributed by atoms with van der Waals surface area (Å²) in [6.07, 6.45) is 0. The highest BCUT2D eigenvalue weighted by atomic mass is 32.2. The standard InChI is InChI=1S/C42H35NO2S2/c1-41(2)33-14-8-10-16-37(33)43(38-17-11-9-15-34(38)41)30-21-25-40-36(27-30)42(3,4)35-26-29(20-24-39(35)46-40)28-18-22-32(23-19-28)47(44,45)31-12-6-5-7-13-31/h5-27H,1-4H3. The molecule has 8 rings (SSSR count). The smallest absolute Gasteiger partial charge is 0.206 e. The summed E-state index contributed by atoms with van der Waals surface area (Å²) in [5.74, 6) is 0. The number of nitrogens with zero attached hydrogens (tertiary/aromatic N) is 1. The monoisotopic (exact) mass is 649 g/mol. The molecule has 0 aromatic heterocycles. The van der Waals surface area contributed by atoms with Crippen LogP contribution in [0.25, 0.3) is 11.1 Å². The first-order valence-electron chi connectivity index (χ1n) is 15.9. The molecule has 0 bridgehead atoms. The van der Waals surface area contributed by atoms with Crippen molar-refractivity contribution < 1.29 is 8.42 Å². The number of para-hydroxylation sites is 2. The molecule has 47 heavy (non-hydrogen) atoms. The lowest BCUT2D eigenvalue weighted by Gasteiger charge is -2.42. The summed E-state index contributed by atoms with van der Waals surface area (Å²) in [7, 11) is -3.57. The van der Waals surface area contributed by atoms with Crippen LogP contribution in [0.15, 0.2) is 159 Å². The molecule has 2 aliphatic rings. The van der Waals surface area contributed by atoms with Gasteiger partial charge in [0, 0.05) is 26.3 Å².